The second kappa shape index (κ2) is 6.34. The van der Waals surface area contributed by atoms with E-state index in [1.54, 1.807) is 0 Å². The SMILES string of the molecule is COc1cc(OS(=O)(=O)C(F)(F)F)c([N+](=O)[O-])c(OC)c1[N+](=O)[O-]. The molecule has 0 saturated carbocycles. The minimum atomic E-state index is -6.28. The van der Waals surface area contributed by atoms with E-state index in [0.29, 0.717) is 0 Å². The van der Waals surface area contributed by atoms with Gasteiger partial charge in [0.25, 0.3) is 5.75 Å². The molecule has 0 saturated heterocycles. The average molecular weight is 376 g/mol. The van der Waals surface area contributed by atoms with Gasteiger partial charge in [0.1, 0.15) is 0 Å². The molecular formula is C9H7F3N2O9S. The van der Waals surface area contributed by atoms with Gasteiger partial charge >= 0.3 is 27.0 Å². The molecule has 0 aliphatic rings. The number of benzene rings is 1. The lowest BCUT2D eigenvalue weighted by atomic mass is 10.2. The minimum Gasteiger partial charge on any atom is -0.490 e. The van der Waals surface area contributed by atoms with Crippen molar-refractivity contribution in [3.63, 3.8) is 0 Å². The Morgan fingerprint density at radius 3 is 1.79 bits per heavy atom. The fourth-order valence-electron chi connectivity index (χ4n) is 1.52. The Labute approximate surface area is 131 Å². The van der Waals surface area contributed by atoms with Gasteiger partial charge in [-0.2, -0.15) is 21.6 Å². The third kappa shape index (κ3) is 3.39. The third-order valence-corrected chi connectivity index (χ3v) is 3.40. The van der Waals surface area contributed by atoms with Crippen molar-refractivity contribution in [2.24, 2.45) is 0 Å². The van der Waals surface area contributed by atoms with Crippen LogP contribution in [0.4, 0.5) is 24.5 Å². The first-order valence-electron chi connectivity index (χ1n) is 5.45. The Hall–Kier alpha value is -2.84. The predicted octanol–water partition coefficient (Wildman–Crippen LogP) is 1.75. The van der Waals surface area contributed by atoms with Gasteiger partial charge in [-0.1, -0.05) is 0 Å². The molecule has 0 amide bonds. The second-order valence-electron chi connectivity index (χ2n) is 3.80. The molecule has 0 spiro atoms. The summed E-state index contributed by atoms with van der Waals surface area (Å²) < 4.78 is 71.9. The minimum absolute atomic E-state index is 0.266. The van der Waals surface area contributed by atoms with Gasteiger partial charge in [-0.3, -0.25) is 20.2 Å². The molecule has 11 nitrogen and oxygen atoms in total. The predicted molar refractivity (Wildman–Crippen MR) is 68.5 cm³/mol. The molecule has 1 aromatic carbocycles. The zero-order valence-corrected chi connectivity index (χ0v) is 12.5. The van der Waals surface area contributed by atoms with E-state index in [-0.39, 0.29) is 6.07 Å². The maximum absolute atomic E-state index is 12.4. The van der Waals surface area contributed by atoms with E-state index >= 15 is 0 Å². The smallest absolute Gasteiger partial charge is 0.490 e. The molecule has 134 valence electrons. The van der Waals surface area contributed by atoms with E-state index in [4.69, 9.17) is 0 Å². The van der Waals surface area contributed by atoms with Crippen molar-refractivity contribution < 1.29 is 45.1 Å². The fraction of sp³-hybridized carbons (Fsp3) is 0.333. The highest BCUT2D eigenvalue weighted by molar-refractivity contribution is 7.88. The van der Waals surface area contributed by atoms with Crippen molar-refractivity contribution in [1.82, 2.24) is 0 Å². The van der Waals surface area contributed by atoms with Gasteiger partial charge < -0.3 is 13.7 Å². The number of methoxy groups -OCH3 is 2. The van der Waals surface area contributed by atoms with Gasteiger partial charge in [-0.25, -0.2) is 0 Å². The van der Waals surface area contributed by atoms with Gasteiger partial charge in [0.15, 0.2) is 0 Å². The van der Waals surface area contributed by atoms with E-state index in [2.05, 4.69) is 13.7 Å². The summed E-state index contributed by atoms with van der Waals surface area (Å²) in [7, 11) is -4.67. The van der Waals surface area contributed by atoms with Crippen LogP contribution in [0.5, 0.6) is 17.2 Å². The largest absolute Gasteiger partial charge is 0.534 e. The Balaban J connectivity index is 3.80. The fourth-order valence-corrected chi connectivity index (χ4v) is 1.97. The van der Waals surface area contributed by atoms with Crippen molar-refractivity contribution in [3.8, 4) is 17.2 Å². The van der Waals surface area contributed by atoms with E-state index in [1.165, 1.54) is 0 Å². The van der Waals surface area contributed by atoms with Gasteiger partial charge in [0, 0.05) is 6.07 Å². The molecule has 1 aromatic rings. The van der Waals surface area contributed by atoms with Crippen molar-refractivity contribution in [3.05, 3.63) is 26.3 Å². The van der Waals surface area contributed by atoms with Gasteiger partial charge in [-0.15, -0.1) is 0 Å². The number of hydrogen-bond acceptors (Lipinski definition) is 9. The van der Waals surface area contributed by atoms with E-state index in [9.17, 15) is 41.8 Å². The molecule has 24 heavy (non-hydrogen) atoms. The topological polar surface area (TPSA) is 148 Å². The molecule has 0 heterocycles. The highest BCUT2D eigenvalue weighted by atomic mass is 32.2. The van der Waals surface area contributed by atoms with E-state index < -0.39 is 54.1 Å². The Morgan fingerprint density at radius 2 is 1.46 bits per heavy atom. The zero-order valence-electron chi connectivity index (χ0n) is 11.7. The van der Waals surface area contributed by atoms with Crippen LogP contribution in [0.2, 0.25) is 0 Å². The summed E-state index contributed by atoms with van der Waals surface area (Å²) >= 11 is 0. The molecule has 0 atom stereocenters. The normalized spacial score (nSPS) is 11.7. The number of nitro benzene ring substituents is 2. The van der Waals surface area contributed by atoms with Crippen LogP contribution in [0.3, 0.4) is 0 Å². The van der Waals surface area contributed by atoms with Crippen molar-refractivity contribution >= 4 is 21.5 Å². The second-order valence-corrected chi connectivity index (χ2v) is 5.34. The van der Waals surface area contributed by atoms with Crippen LogP contribution in [-0.4, -0.2) is 38.0 Å². The standard InChI is InChI=1S/C9H7F3N2O9S/c1-21-4-3-5(23-24(19,20)9(10,11)12)7(14(17)18)8(22-2)6(4)13(15)16/h3H,1-2H3. The quantitative estimate of drug-likeness (QED) is 0.313. The molecule has 0 radical (unpaired) electrons. The molecule has 15 heteroatoms. The first-order chi connectivity index (χ1) is 10.9. The molecule has 1 rings (SSSR count). The highest BCUT2D eigenvalue weighted by Gasteiger charge is 2.50. The van der Waals surface area contributed by atoms with Gasteiger partial charge in [-0.05, 0) is 0 Å². The van der Waals surface area contributed by atoms with Gasteiger partial charge in [0.2, 0.25) is 11.5 Å². The summed E-state index contributed by atoms with van der Waals surface area (Å²) in [5.74, 6) is -3.41. The Bertz CT molecular complexity index is 790. The maximum atomic E-state index is 12.4. The third-order valence-electron chi connectivity index (χ3n) is 2.43. The van der Waals surface area contributed by atoms with Crippen LogP contribution in [0.25, 0.3) is 0 Å². The van der Waals surface area contributed by atoms with E-state index in [0.717, 1.165) is 14.2 Å². The summed E-state index contributed by atoms with van der Waals surface area (Å²) in [4.78, 5) is 19.4. The lowest BCUT2D eigenvalue weighted by Gasteiger charge is -2.13. The summed E-state index contributed by atoms with van der Waals surface area (Å²) in [5, 5.41) is 22.0. The van der Waals surface area contributed by atoms with Crippen molar-refractivity contribution in [2.75, 3.05) is 14.2 Å². The summed E-state index contributed by atoms with van der Waals surface area (Å²) in [6.07, 6.45) is 0. The molecule has 0 bridgehead atoms. The molecule has 0 aliphatic carbocycles. The Morgan fingerprint density at radius 1 is 1.00 bits per heavy atom. The lowest BCUT2D eigenvalue weighted by molar-refractivity contribution is -0.396. The number of nitro groups is 2. The monoisotopic (exact) mass is 376 g/mol. The summed E-state index contributed by atoms with van der Waals surface area (Å²) in [6.45, 7) is 0. The molecule has 0 fully saturated rings. The number of hydrogen-bond donors (Lipinski definition) is 0. The maximum Gasteiger partial charge on any atom is 0.534 e. The van der Waals surface area contributed by atoms with Crippen LogP contribution in [0.15, 0.2) is 6.07 Å². The van der Waals surface area contributed by atoms with Crippen LogP contribution in [0.1, 0.15) is 0 Å². The Kier molecular flexibility index (Phi) is 5.08. The van der Waals surface area contributed by atoms with E-state index in [1.807, 2.05) is 0 Å². The molecular weight excluding hydrogens is 369 g/mol. The van der Waals surface area contributed by atoms with Crippen LogP contribution in [-0.2, 0) is 10.1 Å². The number of rotatable bonds is 6. The summed E-state index contributed by atoms with van der Waals surface area (Å²) in [6, 6.07) is 0.266. The zero-order chi connectivity index (χ0) is 18.9. The van der Waals surface area contributed by atoms with Crippen LogP contribution >= 0.6 is 0 Å². The van der Waals surface area contributed by atoms with Crippen LogP contribution in [0, 0.1) is 20.2 Å². The van der Waals surface area contributed by atoms with Gasteiger partial charge in [0.05, 0.1) is 24.1 Å². The molecule has 0 aliphatic heterocycles. The summed E-state index contributed by atoms with van der Waals surface area (Å²) in [5.41, 5.74) is -8.47. The van der Waals surface area contributed by atoms with Crippen molar-refractivity contribution in [1.29, 1.82) is 0 Å². The molecule has 0 aromatic heterocycles. The highest BCUT2D eigenvalue weighted by Crippen LogP contribution is 2.50. The first kappa shape index (κ1) is 19.2. The van der Waals surface area contributed by atoms with Crippen LogP contribution < -0.4 is 13.7 Å². The lowest BCUT2D eigenvalue weighted by Crippen LogP contribution is -2.28. The first-order valence-corrected chi connectivity index (χ1v) is 6.86. The molecule has 0 N–H and O–H groups in total. The number of nitrogens with zero attached hydrogens (tertiary/aromatic N) is 2. The number of halogens is 3. The molecule has 0 unspecified atom stereocenters. The average Bonchev–Trinajstić information content (AvgIpc) is 2.43. The number of ether oxygens (including phenoxy) is 2. The number of alkyl halides is 3. The van der Waals surface area contributed by atoms with Crippen molar-refractivity contribution in [2.45, 2.75) is 5.51 Å².